The minimum Gasteiger partial charge on any atom is -0.497 e. The van der Waals surface area contributed by atoms with Crippen LogP contribution in [0, 0.1) is 17.4 Å². The number of aromatic nitrogens is 3. The SMILES string of the molecule is COc1cc(C)nc(Cn2cnc(C)c(I)c2=O)c1. The third kappa shape index (κ3) is 3.12. The van der Waals surface area contributed by atoms with Crippen molar-refractivity contribution in [2.75, 3.05) is 7.11 Å². The maximum absolute atomic E-state index is 12.1. The van der Waals surface area contributed by atoms with Crippen molar-refractivity contribution in [3.8, 4) is 5.75 Å². The van der Waals surface area contributed by atoms with Crippen LogP contribution in [0.3, 0.4) is 0 Å². The molecule has 0 saturated carbocycles. The normalized spacial score (nSPS) is 10.5. The van der Waals surface area contributed by atoms with Gasteiger partial charge in [-0.3, -0.25) is 14.3 Å². The predicted octanol–water partition coefficient (Wildman–Crippen LogP) is 1.92. The van der Waals surface area contributed by atoms with Crippen LogP contribution in [0.25, 0.3) is 0 Å². The fourth-order valence-corrected chi connectivity index (χ4v) is 2.18. The number of hydrogen-bond acceptors (Lipinski definition) is 4. The number of ether oxygens (including phenoxy) is 1. The van der Waals surface area contributed by atoms with Crippen LogP contribution < -0.4 is 10.3 Å². The van der Waals surface area contributed by atoms with E-state index < -0.39 is 0 Å². The highest BCUT2D eigenvalue weighted by atomic mass is 127. The van der Waals surface area contributed by atoms with E-state index in [1.54, 1.807) is 18.0 Å². The van der Waals surface area contributed by atoms with Crippen LogP contribution in [0.2, 0.25) is 0 Å². The summed E-state index contributed by atoms with van der Waals surface area (Å²) in [6.07, 6.45) is 1.55. The van der Waals surface area contributed by atoms with Gasteiger partial charge in [0, 0.05) is 17.8 Å². The van der Waals surface area contributed by atoms with Crippen molar-refractivity contribution in [2.24, 2.45) is 0 Å². The third-order valence-corrected chi connectivity index (χ3v) is 3.95. The number of rotatable bonds is 3. The van der Waals surface area contributed by atoms with Gasteiger partial charge in [-0.2, -0.15) is 0 Å². The molecular formula is C13H14IN3O2. The molecule has 100 valence electrons. The molecule has 0 atom stereocenters. The van der Waals surface area contributed by atoms with Crippen molar-refractivity contribution in [3.05, 3.63) is 49.5 Å². The number of halogens is 1. The summed E-state index contributed by atoms with van der Waals surface area (Å²) >= 11 is 2.02. The lowest BCUT2D eigenvalue weighted by Crippen LogP contribution is -2.25. The van der Waals surface area contributed by atoms with E-state index in [0.29, 0.717) is 10.1 Å². The summed E-state index contributed by atoms with van der Waals surface area (Å²) in [5.74, 6) is 0.741. The number of nitrogens with zero attached hydrogens (tertiary/aromatic N) is 3. The molecule has 0 aliphatic rings. The average molecular weight is 371 g/mol. The van der Waals surface area contributed by atoms with E-state index in [4.69, 9.17) is 4.74 Å². The number of aryl methyl sites for hydroxylation is 2. The lowest BCUT2D eigenvalue weighted by molar-refractivity contribution is 0.412. The Labute approximate surface area is 124 Å². The fraction of sp³-hybridized carbons (Fsp3) is 0.308. The van der Waals surface area contributed by atoms with Crippen molar-refractivity contribution >= 4 is 22.6 Å². The zero-order valence-corrected chi connectivity index (χ0v) is 13.1. The second kappa shape index (κ2) is 5.68. The molecule has 0 bridgehead atoms. The molecule has 6 heteroatoms. The van der Waals surface area contributed by atoms with Gasteiger partial charge in [0.25, 0.3) is 5.56 Å². The second-order valence-electron chi connectivity index (χ2n) is 4.22. The van der Waals surface area contributed by atoms with Crippen LogP contribution in [0.1, 0.15) is 17.1 Å². The van der Waals surface area contributed by atoms with Gasteiger partial charge >= 0.3 is 0 Å². The molecule has 2 rings (SSSR count). The van der Waals surface area contributed by atoms with Gasteiger partial charge in [0.1, 0.15) is 5.75 Å². The molecule has 0 aliphatic heterocycles. The van der Waals surface area contributed by atoms with Crippen LogP contribution in [0.5, 0.6) is 5.75 Å². The van der Waals surface area contributed by atoms with Crippen molar-refractivity contribution in [1.29, 1.82) is 0 Å². The van der Waals surface area contributed by atoms with Gasteiger partial charge in [-0.1, -0.05) is 0 Å². The number of methoxy groups -OCH3 is 1. The Morgan fingerprint density at radius 1 is 1.37 bits per heavy atom. The van der Waals surface area contributed by atoms with Crippen molar-refractivity contribution in [1.82, 2.24) is 14.5 Å². The summed E-state index contributed by atoms with van der Waals surface area (Å²) < 4.78 is 7.39. The molecule has 0 saturated heterocycles. The molecule has 19 heavy (non-hydrogen) atoms. The van der Waals surface area contributed by atoms with Crippen molar-refractivity contribution in [3.63, 3.8) is 0 Å². The molecule has 0 aromatic carbocycles. The Kier molecular flexibility index (Phi) is 4.18. The van der Waals surface area contributed by atoms with Gasteiger partial charge in [0.05, 0.1) is 34.9 Å². The minimum atomic E-state index is -0.0460. The number of hydrogen-bond donors (Lipinski definition) is 0. The zero-order valence-electron chi connectivity index (χ0n) is 11.0. The zero-order chi connectivity index (χ0) is 14.0. The average Bonchev–Trinajstić information content (AvgIpc) is 2.39. The molecule has 2 heterocycles. The highest BCUT2D eigenvalue weighted by Gasteiger charge is 2.07. The molecule has 0 fully saturated rings. The molecular weight excluding hydrogens is 357 g/mol. The Morgan fingerprint density at radius 3 is 2.79 bits per heavy atom. The summed E-state index contributed by atoms with van der Waals surface area (Å²) in [4.78, 5) is 20.7. The van der Waals surface area contributed by atoms with E-state index in [1.165, 1.54) is 0 Å². The Balaban J connectivity index is 2.39. The Morgan fingerprint density at radius 2 is 2.11 bits per heavy atom. The van der Waals surface area contributed by atoms with E-state index in [2.05, 4.69) is 9.97 Å². The third-order valence-electron chi connectivity index (χ3n) is 2.71. The summed E-state index contributed by atoms with van der Waals surface area (Å²) in [5, 5.41) is 0. The van der Waals surface area contributed by atoms with Crippen LogP contribution in [-0.4, -0.2) is 21.6 Å². The lowest BCUT2D eigenvalue weighted by atomic mass is 10.3. The summed E-state index contributed by atoms with van der Waals surface area (Å²) in [6.45, 7) is 4.10. The van der Waals surface area contributed by atoms with Crippen LogP contribution in [-0.2, 0) is 6.54 Å². The molecule has 5 nitrogen and oxygen atoms in total. The molecule has 2 aromatic rings. The van der Waals surface area contributed by atoms with E-state index >= 15 is 0 Å². The van der Waals surface area contributed by atoms with E-state index in [0.717, 1.165) is 22.8 Å². The van der Waals surface area contributed by atoms with Gasteiger partial charge in [-0.25, -0.2) is 4.98 Å². The lowest BCUT2D eigenvalue weighted by Gasteiger charge is -2.09. The molecule has 0 unspecified atom stereocenters. The topological polar surface area (TPSA) is 57.0 Å². The Hall–Kier alpha value is -1.44. The molecule has 0 N–H and O–H groups in total. The molecule has 2 aromatic heterocycles. The van der Waals surface area contributed by atoms with Crippen LogP contribution in [0.4, 0.5) is 0 Å². The van der Waals surface area contributed by atoms with Gasteiger partial charge < -0.3 is 4.74 Å². The van der Waals surface area contributed by atoms with Crippen molar-refractivity contribution < 1.29 is 4.74 Å². The monoisotopic (exact) mass is 371 g/mol. The van der Waals surface area contributed by atoms with Gasteiger partial charge in [0.2, 0.25) is 0 Å². The second-order valence-corrected chi connectivity index (χ2v) is 5.30. The number of pyridine rings is 1. The first-order chi connectivity index (χ1) is 9.01. The molecule has 0 amide bonds. The standard InChI is InChI=1S/C13H14IN3O2/c1-8-4-11(19-3)5-10(16-8)6-17-7-15-9(2)12(14)13(17)18/h4-5,7H,6H2,1-3H3. The highest BCUT2D eigenvalue weighted by molar-refractivity contribution is 14.1. The van der Waals surface area contributed by atoms with Gasteiger partial charge in [-0.05, 0) is 36.4 Å². The molecule has 0 aliphatic carbocycles. The maximum atomic E-state index is 12.1. The van der Waals surface area contributed by atoms with E-state index in [9.17, 15) is 4.79 Å². The Bertz CT molecular complexity index is 667. The molecule has 0 radical (unpaired) electrons. The first kappa shape index (κ1) is 14.0. The minimum absolute atomic E-state index is 0.0460. The summed E-state index contributed by atoms with van der Waals surface area (Å²) in [6, 6.07) is 3.68. The van der Waals surface area contributed by atoms with Gasteiger partial charge in [-0.15, -0.1) is 0 Å². The van der Waals surface area contributed by atoms with Crippen LogP contribution >= 0.6 is 22.6 Å². The maximum Gasteiger partial charge on any atom is 0.267 e. The van der Waals surface area contributed by atoms with Crippen LogP contribution in [0.15, 0.2) is 23.3 Å². The van der Waals surface area contributed by atoms with Crippen molar-refractivity contribution in [2.45, 2.75) is 20.4 Å². The van der Waals surface area contributed by atoms with Gasteiger partial charge in [0.15, 0.2) is 0 Å². The summed E-state index contributed by atoms with van der Waals surface area (Å²) in [5.41, 5.74) is 2.34. The quantitative estimate of drug-likeness (QED) is 0.774. The first-order valence-corrected chi connectivity index (χ1v) is 6.82. The largest absolute Gasteiger partial charge is 0.497 e. The van der Waals surface area contributed by atoms with E-state index in [1.807, 2.05) is 48.6 Å². The van der Waals surface area contributed by atoms with E-state index in [-0.39, 0.29) is 5.56 Å². The highest BCUT2D eigenvalue weighted by Crippen LogP contribution is 2.14. The smallest absolute Gasteiger partial charge is 0.267 e. The first-order valence-electron chi connectivity index (χ1n) is 5.74. The summed E-state index contributed by atoms with van der Waals surface area (Å²) in [7, 11) is 1.61. The predicted molar refractivity (Wildman–Crippen MR) is 80.6 cm³/mol. The fourth-order valence-electron chi connectivity index (χ4n) is 1.74. The molecule has 0 spiro atoms.